The van der Waals surface area contributed by atoms with Gasteiger partial charge in [0.1, 0.15) is 6.61 Å². The first kappa shape index (κ1) is 23.3. The van der Waals surface area contributed by atoms with Crippen LogP contribution in [0.4, 0.5) is 10.8 Å². The van der Waals surface area contributed by atoms with E-state index in [1.165, 1.54) is 18.3 Å². The molecule has 2 aromatic carbocycles. The van der Waals surface area contributed by atoms with Gasteiger partial charge in [-0.2, -0.15) is 0 Å². The fourth-order valence-corrected chi connectivity index (χ4v) is 4.60. The Labute approximate surface area is 195 Å². The molecule has 162 valence electrons. The number of aromatic nitrogens is 1. The van der Waals surface area contributed by atoms with Crippen molar-refractivity contribution in [1.82, 2.24) is 4.98 Å². The highest BCUT2D eigenvalue weighted by molar-refractivity contribution is 7.99. The van der Waals surface area contributed by atoms with Gasteiger partial charge in [0.15, 0.2) is 5.13 Å². The van der Waals surface area contributed by atoms with Crippen LogP contribution in [0.1, 0.15) is 30.2 Å². The summed E-state index contributed by atoms with van der Waals surface area (Å²) in [5, 5.41) is 3.05. The van der Waals surface area contributed by atoms with E-state index in [4.69, 9.17) is 16.3 Å². The van der Waals surface area contributed by atoms with Crippen molar-refractivity contribution in [3.05, 3.63) is 69.7 Å². The molecule has 0 fully saturated rings. The average Bonchev–Trinajstić information content (AvgIpc) is 3.19. The Kier molecular flexibility index (Phi) is 8.12. The summed E-state index contributed by atoms with van der Waals surface area (Å²) in [6.45, 7) is 5.63. The quantitative estimate of drug-likeness (QED) is 0.282. The van der Waals surface area contributed by atoms with Crippen molar-refractivity contribution in [1.29, 1.82) is 0 Å². The van der Waals surface area contributed by atoms with Crippen LogP contribution < -0.4 is 4.90 Å². The maximum Gasteiger partial charge on any atom is 0.307 e. The smallest absolute Gasteiger partial charge is 0.307 e. The number of esters is 1. The monoisotopic (exact) mass is 474 g/mol. The van der Waals surface area contributed by atoms with E-state index in [2.05, 4.69) is 4.98 Å². The number of ether oxygens (including phenoxy) is 1. The molecule has 3 rings (SSSR count). The predicted molar refractivity (Wildman–Crippen MR) is 127 cm³/mol. The van der Waals surface area contributed by atoms with E-state index in [1.807, 2.05) is 61.7 Å². The first-order valence-electron chi connectivity index (χ1n) is 9.70. The highest BCUT2D eigenvalue weighted by Crippen LogP contribution is 2.30. The van der Waals surface area contributed by atoms with Crippen LogP contribution in [-0.4, -0.2) is 22.6 Å². The van der Waals surface area contributed by atoms with Crippen LogP contribution in [-0.2, 0) is 20.9 Å². The number of anilines is 2. The number of carbonyl (C=O) groups excluding carboxylic acids is 2. The van der Waals surface area contributed by atoms with E-state index >= 15 is 0 Å². The number of nitrogens with zero attached hydrogens (tertiary/aromatic N) is 2. The van der Waals surface area contributed by atoms with Gasteiger partial charge in [-0.1, -0.05) is 17.7 Å². The van der Waals surface area contributed by atoms with Gasteiger partial charge in [0.2, 0.25) is 5.91 Å². The first-order valence-corrected chi connectivity index (χ1v) is 11.9. The minimum Gasteiger partial charge on any atom is -0.459 e. The first-order chi connectivity index (χ1) is 14.8. The van der Waals surface area contributed by atoms with Crippen LogP contribution in [0.2, 0.25) is 5.02 Å². The third-order valence-corrected chi connectivity index (χ3v) is 6.70. The van der Waals surface area contributed by atoms with Gasteiger partial charge in [-0.3, -0.25) is 14.5 Å². The molecule has 0 unspecified atom stereocenters. The third-order valence-electron chi connectivity index (χ3n) is 4.56. The molecule has 1 amide bonds. The molecule has 1 aromatic heterocycles. The Morgan fingerprint density at radius 2 is 1.87 bits per heavy atom. The number of aryl methyl sites for hydroxylation is 2. The number of halogens is 1. The van der Waals surface area contributed by atoms with Gasteiger partial charge in [0, 0.05) is 28.0 Å². The molecule has 31 heavy (non-hydrogen) atoms. The van der Waals surface area contributed by atoms with Crippen molar-refractivity contribution in [2.24, 2.45) is 0 Å². The van der Waals surface area contributed by atoms with Crippen LogP contribution in [0.15, 0.2) is 52.7 Å². The standard InChI is InChI=1S/C23H23ClN2O3S2/c1-15-4-7-20(12-16(15)2)26(17(3)27)23-25-19(14-31-23)13-29-22(28)10-11-30-21-8-5-18(24)6-9-21/h4-9,12,14H,10-11,13H2,1-3H3. The molecule has 8 heteroatoms. The molecule has 1 heterocycles. The molecule has 5 nitrogen and oxygen atoms in total. The van der Waals surface area contributed by atoms with E-state index in [0.29, 0.717) is 28.0 Å². The van der Waals surface area contributed by atoms with E-state index < -0.39 is 0 Å². The maximum absolute atomic E-state index is 12.3. The summed E-state index contributed by atoms with van der Waals surface area (Å²) < 4.78 is 5.35. The molecule has 0 saturated heterocycles. The summed E-state index contributed by atoms with van der Waals surface area (Å²) in [5.41, 5.74) is 3.65. The zero-order chi connectivity index (χ0) is 22.4. The van der Waals surface area contributed by atoms with Crippen LogP contribution in [0.25, 0.3) is 0 Å². The fraction of sp³-hybridized carbons (Fsp3) is 0.261. The summed E-state index contributed by atoms with van der Waals surface area (Å²) in [7, 11) is 0. The van der Waals surface area contributed by atoms with E-state index in [-0.39, 0.29) is 18.5 Å². The minimum atomic E-state index is -0.284. The topological polar surface area (TPSA) is 59.5 Å². The number of thiazole rings is 1. The highest BCUT2D eigenvalue weighted by atomic mass is 35.5. The second-order valence-electron chi connectivity index (χ2n) is 6.96. The summed E-state index contributed by atoms with van der Waals surface area (Å²) in [5.74, 6) is 0.210. The molecule has 0 saturated carbocycles. The number of rotatable bonds is 8. The lowest BCUT2D eigenvalue weighted by Gasteiger charge is -2.19. The summed E-state index contributed by atoms with van der Waals surface area (Å²) >= 11 is 8.79. The van der Waals surface area contributed by atoms with Gasteiger partial charge in [0.05, 0.1) is 17.8 Å². The molecule has 0 spiro atoms. The van der Waals surface area contributed by atoms with E-state index in [1.54, 1.807) is 16.7 Å². The van der Waals surface area contributed by atoms with Crippen LogP contribution in [0.3, 0.4) is 0 Å². The Morgan fingerprint density at radius 1 is 1.13 bits per heavy atom. The molecule has 3 aromatic rings. The van der Waals surface area contributed by atoms with Crippen molar-refractivity contribution >= 4 is 57.4 Å². The lowest BCUT2D eigenvalue weighted by atomic mass is 10.1. The predicted octanol–water partition coefficient (Wildman–Crippen LogP) is 6.32. The zero-order valence-corrected chi connectivity index (χ0v) is 19.9. The molecular formula is C23H23ClN2O3S2. The second kappa shape index (κ2) is 10.8. The normalized spacial score (nSPS) is 10.7. The largest absolute Gasteiger partial charge is 0.459 e. The molecule has 0 aliphatic rings. The zero-order valence-electron chi connectivity index (χ0n) is 17.6. The van der Waals surface area contributed by atoms with Gasteiger partial charge in [-0.05, 0) is 61.4 Å². The van der Waals surface area contributed by atoms with Crippen molar-refractivity contribution in [3.8, 4) is 0 Å². The summed E-state index contributed by atoms with van der Waals surface area (Å²) in [4.78, 5) is 31.4. The van der Waals surface area contributed by atoms with Crippen molar-refractivity contribution in [2.45, 2.75) is 38.7 Å². The van der Waals surface area contributed by atoms with Crippen molar-refractivity contribution < 1.29 is 14.3 Å². The fourth-order valence-electron chi connectivity index (χ4n) is 2.77. The Hall–Kier alpha value is -2.35. The third kappa shape index (κ3) is 6.56. The highest BCUT2D eigenvalue weighted by Gasteiger charge is 2.19. The summed E-state index contributed by atoms with van der Waals surface area (Å²) in [6.07, 6.45) is 0.298. The second-order valence-corrected chi connectivity index (χ2v) is 9.40. The molecular weight excluding hydrogens is 452 g/mol. The minimum absolute atomic E-state index is 0.0830. The Balaban J connectivity index is 1.54. The van der Waals surface area contributed by atoms with Gasteiger partial charge in [-0.25, -0.2) is 4.98 Å². The Bertz CT molecular complexity index is 1070. The van der Waals surface area contributed by atoms with Gasteiger partial charge >= 0.3 is 5.97 Å². The van der Waals surface area contributed by atoms with Crippen molar-refractivity contribution in [2.75, 3.05) is 10.7 Å². The van der Waals surface area contributed by atoms with Crippen LogP contribution >= 0.6 is 34.7 Å². The number of carbonyl (C=O) groups is 2. The molecule has 0 N–H and O–H groups in total. The number of hydrogen-bond donors (Lipinski definition) is 0. The van der Waals surface area contributed by atoms with Gasteiger partial charge in [0.25, 0.3) is 0 Å². The molecule has 0 aliphatic carbocycles. The SMILES string of the molecule is CC(=O)N(c1ccc(C)c(C)c1)c1nc(COC(=O)CCSc2ccc(Cl)cc2)cs1. The number of thioether (sulfide) groups is 1. The molecule has 0 atom stereocenters. The van der Waals surface area contributed by atoms with E-state index in [0.717, 1.165) is 21.7 Å². The lowest BCUT2D eigenvalue weighted by Crippen LogP contribution is -2.22. The maximum atomic E-state index is 12.3. The average molecular weight is 475 g/mol. The number of amides is 1. The molecule has 0 aliphatic heterocycles. The van der Waals surface area contributed by atoms with Crippen LogP contribution in [0, 0.1) is 13.8 Å². The summed E-state index contributed by atoms with van der Waals surface area (Å²) in [6, 6.07) is 13.4. The van der Waals surface area contributed by atoms with Gasteiger partial charge < -0.3 is 4.74 Å². The Morgan fingerprint density at radius 3 is 2.55 bits per heavy atom. The van der Waals surface area contributed by atoms with Crippen molar-refractivity contribution in [3.63, 3.8) is 0 Å². The van der Waals surface area contributed by atoms with Crippen LogP contribution in [0.5, 0.6) is 0 Å². The number of hydrogen-bond acceptors (Lipinski definition) is 6. The van der Waals surface area contributed by atoms with Gasteiger partial charge in [-0.15, -0.1) is 23.1 Å². The van der Waals surface area contributed by atoms with E-state index in [9.17, 15) is 9.59 Å². The number of benzene rings is 2. The lowest BCUT2D eigenvalue weighted by molar-refractivity contribution is -0.144. The molecule has 0 bridgehead atoms. The molecule has 0 radical (unpaired) electrons.